The molecule has 0 atom stereocenters. The van der Waals surface area contributed by atoms with Crippen molar-refractivity contribution in [3.8, 4) is 16.9 Å². The number of ketones is 1. The van der Waals surface area contributed by atoms with Crippen LogP contribution in [-0.2, 0) is 11.2 Å². The molecule has 0 saturated carbocycles. The fourth-order valence-electron chi connectivity index (χ4n) is 3.06. The summed E-state index contributed by atoms with van der Waals surface area (Å²) in [5.41, 5.74) is 4.02. The van der Waals surface area contributed by atoms with E-state index in [-0.39, 0.29) is 18.6 Å². The molecule has 0 aliphatic carbocycles. The van der Waals surface area contributed by atoms with Gasteiger partial charge in [0.1, 0.15) is 5.75 Å². The molecule has 0 spiro atoms. The standard InChI is InChI=1S/C18H18O4.C9H12/c1-2-22-16-9-7-14(8-10-16)13-3-5-15(6-4-13)17(19)11-12-18(20)21;1-2-6-9-7-4-3-5-8-9/h3-10H,2,11-12H2,1H3,(H,20,21);3-5,7-8H,2,6H2,1H3. The van der Waals surface area contributed by atoms with E-state index in [9.17, 15) is 9.59 Å². The van der Waals surface area contributed by atoms with Crippen LogP contribution in [0.15, 0.2) is 78.9 Å². The Bertz CT molecular complexity index is 929. The average Bonchev–Trinajstić information content (AvgIpc) is 2.80. The van der Waals surface area contributed by atoms with Crippen LogP contribution in [0, 0.1) is 0 Å². The summed E-state index contributed by atoms with van der Waals surface area (Å²) >= 11 is 0. The van der Waals surface area contributed by atoms with Crippen molar-refractivity contribution in [2.24, 2.45) is 0 Å². The molecule has 0 aromatic heterocycles. The van der Waals surface area contributed by atoms with Gasteiger partial charge in [-0.05, 0) is 42.2 Å². The summed E-state index contributed by atoms with van der Waals surface area (Å²) in [6.07, 6.45) is 2.34. The molecular weight excluding hydrogens is 388 g/mol. The van der Waals surface area contributed by atoms with Gasteiger partial charge in [-0.3, -0.25) is 9.59 Å². The maximum absolute atomic E-state index is 11.8. The van der Waals surface area contributed by atoms with Crippen LogP contribution >= 0.6 is 0 Å². The zero-order valence-electron chi connectivity index (χ0n) is 18.2. The van der Waals surface area contributed by atoms with Crippen LogP contribution in [0.5, 0.6) is 5.75 Å². The second-order valence-electron chi connectivity index (χ2n) is 7.09. The average molecular weight is 419 g/mol. The molecule has 0 radical (unpaired) electrons. The van der Waals surface area contributed by atoms with Crippen molar-refractivity contribution >= 4 is 11.8 Å². The molecule has 0 aliphatic heterocycles. The minimum atomic E-state index is -0.959. The summed E-state index contributed by atoms with van der Waals surface area (Å²) < 4.78 is 5.40. The zero-order valence-corrected chi connectivity index (χ0v) is 18.2. The van der Waals surface area contributed by atoms with Gasteiger partial charge < -0.3 is 9.84 Å². The van der Waals surface area contributed by atoms with E-state index in [0.717, 1.165) is 16.9 Å². The van der Waals surface area contributed by atoms with Gasteiger partial charge in [0.25, 0.3) is 0 Å². The number of aliphatic carboxylic acids is 1. The van der Waals surface area contributed by atoms with Crippen molar-refractivity contribution in [2.45, 2.75) is 39.5 Å². The maximum atomic E-state index is 11.8. The third-order valence-electron chi connectivity index (χ3n) is 4.65. The second kappa shape index (κ2) is 13.0. The molecule has 4 nitrogen and oxygen atoms in total. The fourth-order valence-corrected chi connectivity index (χ4v) is 3.06. The number of benzene rings is 3. The maximum Gasteiger partial charge on any atom is 0.303 e. The van der Waals surface area contributed by atoms with E-state index < -0.39 is 5.97 Å². The minimum Gasteiger partial charge on any atom is -0.494 e. The summed E-state index contributed by atoms with van der Waals surface area (Å²) in [6, 6.07) is 25.5. The Morgan fingerprint density at radius 2 is 1.35 bits per heavy atom. The van der Waals surface area contributed by atoms with Gasteiger partial charge in [-0.1, -0.05) is 80.1 Å². The lowest BCUT2D eigenvalue weighted by atomic mass is 10.0. The minimum absolute atomic E-state index is 0.0255. The van der Waals surface area contributed by atoms with E-state index in [0.29, 0.717) is 12.2 Å². The first kappa shape index (κ1) is 23.9. The Labute approximate surface area is 184 Å². The van der Waals surface area contributed by atoms with E-state index in [4.69, 9.17) is 9.84 Å². The number of hydrogen-bond acceptors (Lipinski definition) is 3. The molecule has 3 aromatic carbocycles. The van der Waals surface area contributed by atoms with Gasteiger partial charge >= 0.3 is 5.97 Å². The summed E-state index contributed by atoms with van der Waals surface area (Å²) in [5, 5.41) is 8.60. The van der Waals surface area contributed by atoms with Crippen LogP contribution in [0.3, 0.4) is 0 Å². The van der Waals surface area contributed by atoms with Crippen molar-refractivity contribution in [2.75, 3.05) is 6.61 Å². The van der Waals surface area contributed by atoms with Crippen LogP contribution in [0.25, 0.3) is 11.1 Å². The third kappa shape index (κ3) is 8.47. The van der Waals surface area contributed by atoms with Gasteiger partial charge in [0, 0.05) is 12.0 Å². The normalized spacial score (nSPS) is 10.0. The second-order valence-corrected chi connectivity index (χ2v) is 7.09. The van der Waals surface area contributed by atoms with E-state index in [2.05, 4.69) is 37.3 Å². The van der Waals surface area contributed by atoms with E-state index in [1.807, 2.05) is 43.3 Å². The zero-order chi connectivity index (χ0) is 22.5. The van der Waals surface area contributed by atoms with Crippen molar-refractivity contribution < 1.29 is 19.4 Å². The van der Waals surface area contributed by atoms with E-state index in [1.165, 1.54) is 18.4 Å². The third-order valence-corrected chi connectivity index (χ3v) is 4.65. The van der Waals surface area contributed by atoms with Gasteiger partial charge in [0.05, 0.1) is 13.0 Å². The number of ether oxygens (including phenoxy) is 1. The first-order chi connectivity index (χ1) is 15.0. The molecule has 0 bridgehead atoms. The predicted octanol–water partition coefficient (Wildman–Crippen LogP) is 6.44. The van der Waals surface area contributed by atoms with Gasteiger partial charge in [-0.15, -0.1) is 0 Å². The highest BCUT2D eigenvalue weighted by atomic mass is 16.5. The van der Waals surface area contributed by atoms with Crippen LogP contribution < -0.4 is 4.74 Å². The summed E-state index contributed by atoms with van der Waals surface area (Å²) in [7, 11) is 0. The van der Waals surface area contributed by atoms with Gasteiger partial charge in [0.15, 0.2) is 5.78 Å². The number of hydrogen-bond donors (Lipinski definition) is 1. The molecule has 0 unspecified atom stereocenters. The number of carboxylic acids is 1. The number of carboxylic acid groups (broad SMARTS) is 1. The molecule has 1 N–H and O–H groups in total. The Hall–Kier alpha value is -3.40. The number of carbonyl (C=O) groups excluding carboxylic acids is 1. The number of carbonyl (C=O) groups is 2. The smallest absolute Gasteiger partial charge is 0.303 e. The summed E-state index contributed by atoms with van der Waals surface area (Å²) in [5.74, 6) is -0.285. The van der Waals surface area contributed by atoms with Crippen molar-refractivity contribution in [1.29, 1.82) is 0 Å². The quantitative estimate of drug-likeness (QED) is 0.406. The first-order valence-electron chi connectivity index (χ1n) is 10.7. The van der Waals surface area contributed by atoms with E-state index in [1.54, 1.807) is 12.1 Å². The van der Waals surface area contributed by atoms with Crippen LogP contribution in [0.2, 0.25) is 0 Å². The predicted molar refractivity (Wildman–Crippen MR) is 125 cm³/mol. The Kier molecular flexibility index (Phi) is 10.0. The topological polar surface area (TPSA) is 63.6 Å². The highest BCUT2D eigenvalue weighted by Crippen LogP contribution is 2.23. The monoisotopic (exact) mass is 418 g/mol. The van der Waals surface area contributed by atoms with Gasteiger partial charge in [-0.25, -0.2) is 0 Å². The Morgan fingerprint density at radius 1 is 0.774 bits per heavy atom. The van der Waals surface area contributed by atoms with Crippen molar-refractivity contribution in [3.05, 3.63) is 90.0 Å². The largest absolute Gasteiger partial charge is 0.494 e. The SMILES string of the molecule is CCCc1ccccc1.CCOc1ccc(-c2ccc(C(=O)CCC(=O)O)cc2)cc1. The lowest BCUT2D eigenvalue weighted by Crippen LogP contribution is -2.03. The summed E-state index contributed by atoms with van der Waals surface area (Å²) in [4.78, 5) is 22.3. The molecular formula is C27H30O4. The molecule has 0 saturated heterocycles. The van der Waals surface area contributed by atoms with E-state index >= 15 is 0 Å². The molecule has 3 rings (SSSR count). The molecule has 0 aliphatic rings. The molecule has 4 heteroatoms. The number of aryl methyl sites for hydroxylation is 1. The van der Waals surface area contributed by atoms with Crippen LogP contribution in [0.4, 0.5) is 0 Å². The molecule has 31 heavy (non-hydrogen) atoms. The van der Waals surface area contributed by atoms with Gasteiger partial charge in [0.2, 0.25) is 0 Å². The summed E-state index contributed by atoms with van der Waals surface area (Å²) in [6.45, 7) is 4.77. The molecule has 3 aromatic rings. The van der Waals surface area contributed by atoms with Crippen molar-refractivity contribution in [1.82, 2.24) is 0 Å². The Morgan fingerprint density at radius 3 is 1.87 bits per heavy atom. The lowest BCUT2D eigenvalue weighted by Gasteiger charge is -2.06. The van der Waals surface area contributed by atoms with Crippen molar-refractivity contribution in [3.63, 3.8) is 0 Å². The fraction of sp³-hybridized carbons (Fsp3) is 0.259. The van der Waals surface area contributed by atoms with Crippen LogP contribution in [0.1, 0.15) is 49.0 Å². The lowest BCUT2D eigenvalue weighted by molar-refractivity contribution is -0.136. The van der Waals surface area contributed by atoms with Gasteiger partial charge in [-0.2, -0.15) is 0 Å². The number of rotatable bonds is 9. The molecule has 0 fully saturated rings. The molecule has 0 heterocycles. The number of Topliss-reactive ketones (excluding diaryl/α,β-unsaturated/α-hetero) is 1. The highest BCUT2D eigenvalue weighted by Gasteiger charge is 2.08. The first-order valence-corrected chi connectivity index (χ1v) is 10.7. The highest BCUT2D eigenvalue weighted by molar-refractivity contribution is 5.97. The van der Waals surface area contributed by atoms with Crippen LogP contribution in [-0.4, -0.2) is 23.5 Å². The molecule has 0 amide bonds. The molecule has 162 valence electrons. The Balaban J connectivity index is 0.000000316.